The second-order valence-electron chi connectivity index (χ2n) is 0. The monoisotopic (exact) mass is 259 g/mol. The Bertz CT molecular complexity index is 8.00. The quantitative estimate of drug-likeness (QED) is 0.592. The molecule has 0 aromatic carbocycles. The summed E-state index contributed by atoms with van der Waals surface area (Å²) in [6, 6.07) is 0. The van der Waals surface area contributed by atoms with Gasteiger partial charge < -0.3 is 0 Å². The van der Waals surface area contributed by atoms with Gasteiger partial charge >= 0.3 is 19.5 Å². The van der Waals surface area contributed by atoms with Crippen molar-refractivity contribution in [1.29, 1.82) is 0 Å². The van der Waals surface area contributed by atoms with E-state index in [2.05, 4.69) is 15.7 Å². The van der Waals surface area contributed by atoms with E-state index in [9.17, 15) is 0 Å². The molecule has 1 nitrogen and oxygen atoms in total. The molecule has 0 unspecified atom stereocenters. The first kappa shape index (κ1) is 16.2. The molecule has 4 heavy (non-hydrogen) atoms. The fraction of sp³-hybridized carbons (Fsp3) is 0. The van der Waals surface area contributed by atoms with Crippen molar-refractivity contribution in [2.24, 2.45) is 0 Å². The molecule has 0 saturated heterocycles. The normalized spacial score (nSPS) is 1.25. The van der Waals surface area contributed by atoms with Crippen LogP contribution in [0.2, 0.25) is 0 Å². The minimum atomic E-state index is 0. The number of hydrogen-bond acceptors (Lipinski definition) is 1. The second kappa shape index (κ2) is 18.3. The van der Waals surface area contributed by atoms with E-state index in [1.807, 2.05) is 0 Å². The summed E-state index contributed by atoms with van der Waals surface area (Å²) in [5.41, 5.74) is 0. The minimum Gasteiger partial charge on any atom is 0 e. The average Bonchev–Trinajstić information content (AvgIpc) is 1.00. The van der Waals surface area contributed by atoms with Crippen molar-refractivity contribution in [2.45, 2.75) is 0 Å². The molecule has 0 heterocycles. The van der Waals surface area contributed by atoms with Crippen LogP contribution >= 0.6 is 0 Å². The molecule has 0 aliphatic carbocycles. The summed E-state index contributed by atoms with van der Waals surface area (Å²) >= 11 is 2.31. The van der Waals surface area contributed by atoms with Gasteiger partial charge in [-0.1, -0.05) is 0 Å². The Morgan fingerprint density at radius 1 is 1.25 bits per heavy atom. The predicted molar refractivity (Wildman–Crippen MR) is 0.686 cm³/mol. The minimum absolute atomic E-state index is 0. The molecule has 0 N–H and O–H groups in total. The van der Waals surface area contributed by atoms with Gasteiger partial charge in [-0.25, -0.2) is 0 Å². The van der Waals surface area contributed by atoms with Crippen molar-refractivity contribution in [3.05, 3.63) is 0 Å². The van der Waals surface area contributed by atoms with Gasteiger partial charge in [-0.05, 0) is 0 Å². The van der Waals surface area contributed by atoms with Crippen LogP contribution in [-0.4, -0.2) is 0 Å². The molecular weight excluding hydrogens is 259 g/mol. The molecule has 0 aliphatic heterocycles. The van der Waals surface area contributed by atoms with Gasteiger partial charge in [0.1, 0.15) is 0 Å². The van der Waals surface area contributed by atoms with Crippen LogP contribution < -0.4 is 0 Å². The molecule has 0 amide bonds. The Labute approximate surface area is 79.5 Å². The Morgan fingerprint density at radius 3 is 1.25 bits per heavy atom. The van der Waals surface area contributed by atoms with Crippen LogP contribution in [0.4, 0.5) is 0 Å². The zero-order valence-electron chi connectivity index (χ0n) is 1.90. The molecule has 4 heteroatoms. The summed E-state index contributed by atoms with van der Waals surface area (Å²) < 4.78 is 7.94. The van der Waals surface area contributed by atoms with Crippen molar-refractivity contribution >= 4 is 0 Å². The summed E-state index contributed by atoms with van der Waals surface area (Å²) in [4.78, 5) is 0. The molecule has 0 spiro atoms. The van der Waals surface area contributed by atoms with E-state index in [1.54, 1.807) is 0 Å². The third-order valence-corrected chi connectivity index (χ3v) is 0. The van der Waals surface area contributed by atoms with E-state index in [-0.39, 0.29) is 61.4 Å². The number of hydrogen-bond donors (Lipinski definition) is 0. The smallest absolute Gasteiger partial charge is 0 e. The van der Waals surface area contributed by atoms with Gasteiger partial charge in [0, 0.05) is 61.4 Å². The summed E-state index contributed by atoms with van der Waals surface area (Å²) in [6.07, 6.45) is 0. The van der Waals surface area contributed by atoms with Gasteiger partial charge in [-0.2, -0.15) is 0 Å². The zero-order valence-corrected chi connectivity index (χ0v) is 8.37. The molecule has 0 fully saturated rings. The maximum Gasteiger partial charge on any atom is 0 e. The maximum absolute atomic E-state index is 7.94. The van der Waals surface area contributed by atoms with Gasteiger partial charge in [0.25, 0.3) is 0 Å². The van der Waals surface area contributed by atoms with Crippen molar-refractivity contribution in [3.8, 4) is 0 Å². The van der Waals surface area contributed by atoms with Crippen LogP contribution in [0.15, 0.2) is 0 Å². The van der Waals surface area contributed by atoms with Crippen LogP contribution in [0.1, 0.15) is 0 Å². The Kier molecular flexibility index (Phi) is 73.8. The SMILES string of the molecule is [La].[O]=[Co].[Sc]. The van der Waals surface area contributed by atoms with Gasteiger partial charge in [0.2, 0.25) is 0 Å². The molecule has 0 rings (SSSR count). The second-order valence-corrected chi connectivity index (χ2v) is 0. The Hall–Kier alpha value is 2.37. The molecular formula is CoLaOSc. The zero-order chi connectivity index (χ0) is 2.00. The van der Waals surface area contributed by atoms with Gasteiger partial charge in [-0.15, -0.1) is 0 Å². The third kappa shape index (κ3) is 8.84. The summed E-state index contributed by atoms with van der Waals surface area (Å²) in [5, 5.41) is 0. The number of rotatable bonds is 0. The molecule has 0 saturated carbocycles. The fourth-order valence-electron chi connectivity index (χ4n) is 0. The van der Waals surface area contributed by atoms with Crippen molar-refractivity contribution in [2.75, 3.05) is 0 Å². The molecule has 2 radical (unpaired) electrons. The van der Waals surface area contributed by atoms with Crippen molar-refractivity contribution in [1.82, 2.24) is 0 Å². The molecule has 0 aliphatic rings. The van der Waals surface area contributed by atoms with E-state index in [0.29, 0.717) is 0 Å². The first-order chi connectivity index (χ1) is 1.00. The van der Waals surface area contributed by atoms with Gasteiger partial charge in [0.05, 0.1) is 0 Å². The van der Waals surface area contributed by atoms with Gasteiger partial charge in [-0.3, -0.25) is 0 Å². The van der Waals surface area contributed by atoms with E-state index < -0.39 is 0 Å². The molecule has 0 atom stereocenters. The van der Waals surface area contributed by atoms with Crippen LogP contribution in [0.3, 0.4) is 0 Å². The summed E-state index contributed by atoms with van der Waals surface area (Å²) in [7, 11) is 0. The van der Waals surface area contributed by atoms with Crippen molar-refractivity contribution < 1.29 is 81.0 Å². The van der Waals surface area contributed by atoms with Crippen molar-refractivity contribution in [3.63, 3.8) is 0 Å². The Morgan fingerprint density at radius 2 is 1.25 bits per heavy atom. The van der Waals surface area contributed by atoms with Crippen LogP contribution in [0.5, 0.6) is 0 Å². The van der Waals surface area contributed by atoms with Crippen LogP contribution in [0, 0.1) is 35.6 Å². The average molecular weight is 259 g/mol. The van der Waals surface area contributed by atoms with Crippen LogP contribution in [0.25, 0.3) is 0 Å². The summed E-state index contributed by atoms with van der Waals surface area (Å²) in [5.74, 6) is 0. The predicted octanol–water partition coefficient (Wildman–Crippen LogP) is -0.124. The molecule has 0 aromatic heterocycles. The Balaban J connectivity index is -0.00000000500. The van der Waals surface area contributed by atoms with E-state index in [1.165, 1.54) is 0 Å². The first-order valence-electron chi connectivity index (χ1n) is 0.136. The molecule has 21 valence electrons. The fourth-order valence-corrected chi connectivity index (χ4v) is 0. The largest absolute Gasteiger partial charge is 0 e. The summed E-state index contributed by atoms with van der Waals surface area (Å²) in [6.45, 7) is 0. The first-order valence-corrected chi connectivity index (χ1v) is 0.561. The van der Waals surface area contributed by atoms with E-state index in [0.717, 1.165) is 0 Å². The van der Waals surface area contributed by atoms with E-state index >= 15 is 0 Å². The third-order valence-electron chi connectivity index (χ3n) is 0. The maximum atomic E-state index is 7.94. The van der Waals surface area contributed by atoms with Crippen LogP contribution in [-0.2, 0) is 45.4 Å². The molecule has 0 aromatic rings. The molecule has 0 bridgehead atoms. The van der Waals surface area contributed by atoms with Gasteiger partial charge in [0.15, 0.2) is 0 Å². The standard InChI is InChI=1S/Co.La.O.Sc. The van der Waals surface area contributed by atoms with E-state index in [4.69, 9.17) is 3.87 Å². The topological polar surface area (TPSA) is 17.1 Å².